The molecule has 0 amide bonds. The first-order valence-corrected chi connectivity index (χ1v) is 8.43. The maximum absolute atomic E-state index is 13.0. The minimum absolute atomic E-state index is 0.259. The number of benzene rings is 1. The molecule has 0 atom stereocenters. The van der Waals surface area contributed by atoms with Gasteiger partial charge in [0, 0.05) is 32.3 Å². The average molecular weight is 365 g/mol. The second kappa shape index (κ2) is 7.01. The summed E-state index contributed by atoms with van der Waals surface area (Å²) in [7, 11) is 3.53. The van der Waals surface area contributed by atoms with Gasteiger partial charge in [-0.05, 0) is 30.5 Å². The maximum Gasteiger partial charge on any atom is 0.416 e. The van der Waals surface area contributed by atoms with Gasteiger partial charge in [0.25, 0.3) is 0 Å². The smallest absolute Gasteiger partial charge is 0.356 e. The molecule has 2 aromatic rings. The average Bonchev–Trinajstić information content (AvgIpc) is 3.30. The number of aryl methyl sites for hydroxylation is 1. The van der Waals surface area contributed by atoms with Crippen molar-refractivity contribution in [3.8, 4) is 0 Å². The standard InChI is InChI=1S/C18H22F3N5/c1-22-16(23-11-15-6-9-25-26(15)2)24-12-17(7-8-17)13-4-3-5-14(10-13)18(19,20)21/h3-6,9-10H,7-8,11-12H2,1-2H3,(H2,22,23,24). The summed E-state index contributed by atoms with van der Waals surface area (Å²) in [4.78, 5) is 4.18. The Balaban J connectivity index is 1.62. The Morgan fingerprint density at radius 2 is 2.04 bits per heavy atom. The summed E-state index contributed by atoms with van der Waals surface area (Å²) in [5.41, 5.74) is 0.875. The molecule has 0 aliphatic heterocycles. The number of hydrogen-bond donors (Lipinski definition) is 2. The molecule has 1 aromatic heterocycles. The Hall–Kier alpha value is -2.51. The number of nitrogens with zero attached hydrogens (tertiary/aromatic N) is 3. The third-order valence-corrected chi connectivity index (χ3v) is 4.83. The summed E-state index contributed by atoms with van der Waals surface area (Å²) in [6, 6.07) is 7.54. The zero-order valence-corrected chi connectivity index (χ0v) is 14.8. The van der Waals surface area contributed by atoms with E-state index in [-0.39, 0.29) is 5.41 Å². The van der Waals surface area contributed by atoms with E-state index in [2.05, 4.69) is 20.7 Å². The van der Waals surface area contributed by atoms with Crippen LogP contribution in [0.15, 0.2) is 41.5 Å². The molecule has 8 heteroatoms. The summed E-state index contributed by atoms with van der Waals surface area (Å²) in [6.45, 7) is 1.10. The van der Waals surface area contributed by atoms with E-state index in [1.807, 2.05) is 13.1 Å². The van der Waals surface area contributed by atoms with E-state index < -0.39 is 11.7 Å². The molecule has 1 saturated carbocycles. The van der Waals surface area contributed by atoms with Crippen LogP contribution in [-0.4, -0.2) is 29.3 Å². The fourth-order valence-electron chi connectivity index (χ4n) is 2.97. The Labute approximate surface area is 150 Å². The van der Waals surface area contributed by atoms with E-state index in [1.54, 1.807) is 24.0 Å². The lowest BCUT2D eigenvalue weighted by atomic mass is 9.94. The molecule has 1 fully saturated rings. The summed E-state index contributed by atoms with van der Waals surface area (Å²) in [5, 5.41) is 10.5. The predicted octanol–water partition coefficient (Wildman–Crippen LogP) is 2.84. The quantitative estimate of drug-likeness (QED) is 0.633. The largest absolute Gasteiger partial charge is 0.416 e. The van der Waals surface area contributed by atoms with Gasteiger partial charge in [0.2, 0.25) is 0 Å². The van der Waals surface area contributed by atoms with Crippen LogP contribution in [0.25, 0.3) is 0 Å². The highest BCUT2D eigenvalue weighted by Crippen LogP contribution is 2.48. The maximum atomic E-state index is 13.0. The van der Waals surface area contributed by atoms with Crippen LogP contribution in [0.5, 0.6) is 0 Å². The van der Waals surface area contributed by atoms with Crippen molar-refractivity contribution in [1.82, 2.24) is 20.4 Å². The van der Waals surface area contributed by atoms with Crippen molar-refractivity contribution in [3.63, 3.8) is 0 Å². The molecular formula is C18H22F3N5. The molecule has 1 aliphatic rings. The molecule has 3 rings (SSSR count). The summed E-state index contributed by atoms with van der Waals surface area (Å²) < 4.78 is 40.7. The van der Waals surface area contributed by atoms with Crippen molar-refractivity contribution in [2.45, 2.75) is 31.0 Å². The zero-order valence-electron chi connectivity index (χ0n) is 14.8. The molecule has 140 valence electrons. The monoisotopic (exact) mass is 365 g/mol. The number of nitrogens with one attached hydrogen (secondary N) is 2. The molecule has 0 saturated heterocycles. The van der Waals surface area contributed by atoms with Crippen LogP contribution in [0.3, 0.4) is 0 Å². The first kappa shape index (κ1) is 18.3. The Morgan fingerprint density at radius 3 is 2.62 bits per heavy atom. The molecule has 5 nitrogen and oxygen atoms in total. The molecule has 1 aliphatic carbocycles. The van der Waals surface area contributed by atoms with Gasteiger partial charge in [-0.2, -0.15) is 18.3 Å². The molecule has 26 heavy (non-hydrogen) atoms. The molecule has 1 heterocycles. The van der Waals surface area contributed by atoms with Crippen LogP contribution in [0.1, 0.15) is 29.7 Å². The molecule has 0 bridgehead atoms. The van der Waals surface area contributed by atoms with Crippen molar-refractivity contribution < 1.29 is 13.2 Å². The molecule has 0 spiro atoms. The zero-order chi connectivity index (χ0) is 18.8. The predicted molar refractivity (Wildman–Crippen MR) is 93.8 cm³/mol. The number of alkyl halides is 3. The number of rotatable bonds is 5. The van der Waals surface area contributed by atoms with E-state index >= 15 is 0 Å². The first-order chi connectivity index (χ1) is 12.3. The second-order valence-corrected chi connectivity index (χ2v) is 6.58. The highest BCUT2D eigenvalue weighted by Gasteiger charge is 2.45. The van der Waals surface area contributed by atoms with E-state index in [9.17, 15) is 13.2 Å². The number of guanidine groups is 1. The van der Waals surface area contributed by atoms with Crippen molar-refractivity contribution >= 4 is 5.96 Å². The topological polar surface area (TPSA) is 54.2 Å². The van der Waals surface area contributed by atoms with Gasteiger partial charge in [0.05, 0.1) is 17.8 Å². The van der Waals surface area contributed by atoms with Gasteiger partial charge in [-0.3, -0.25) is 9.67 Å². The minimum Gasteiger partial charge on any atom is -0.356 e. The van der Waals surface area contributed by atoms with Gasteiger partial charge in [-0.25, -0.2) is 0 Å². The first-order valence-electron chi connectivity index (χ1n) is 8.43. The Morgan fingerprint density at radius 1 is 1.27 bits per heavy atom. The van der Waals surface area contributed by atoms with Gasteiger partial charge < -0.3 is 10.6 Å². The minimum atomic E-state index is -4.32. The van der Waals surface area contributed by atoms with Crippen LogP contribution in [0.2, 0.25) is 0 Å². The fraction of sp³-hybridized carbons (Fsp3) is 0.444. The normalized spacial score (nSPS) is 16.4. The lowest BCUT2D eigenvalue weighted by Crippen LogP contribution is -2.41. The van der Waals surface area contributed by atoms with Crippen LogP contribution >= 0.6 is 0 Å². The summed E-state index contributed by atoms with van der Waals surface area (Å²) in [6.07, 6.45) is -0.875. The lowest BCUT2D eigenvalue weighted by Gasteiger charge is -2.20. The molecule has 0 unspecified atom stereocenters. The van der Waals surface area contributed by atoms with Crippen molar-refractivity contribution in [2.24, 2.45) is 12.0 Å². The van der Waals surface area contributed by atoms with E-state index in [0.717, 1.165) is 30.2 Å². The third-order valence-electron chi connectivity index (χ3n) is 4.83. The summed E-state index contributed by atoms with van der Waals surface area (Å²) >= 11 is 0. The highest BCUT2D eigenvalue weighted by atomic mass is 19.4. The molecule has 2 N–H and O–H groups in total. The van der Waals surface area contributed by atoms with Gasteiger partial charge >= 0.3 is 6.18 Å². The number of halogens is 3. The second-order valence-electron chi connectivity index (χ2n) is 6.58. The third kappa shape index (κ3) is 4.00. The number of hydrogen-bond acceptors (Lipinski definition) is 2. The van der Waals surface area contributed by atoms with E-state index in [0.29, 0.717) is 19.0 Å². The Kier molecular flexibility index (Phi) is 4.93. The Bertz CT molecular complexity index is 790. The van der Waals surface area contributed by atoms with Crippen LogP contribution in [0.4, 0.5) is 13.2 Å². The van der Waals surface area contributed by atoms with E-state index in [4.69, 9.17) is 0 Å². The molecule has 0 radical (unpaired) electrons. The van der Waals surface area contributed by atoms with Crippen LogP contribution < -0.4 is 10.6 Å². The van der Waals surface area contributed by atoms with Gasteiger partial charge in [0.15, 0.2) is 5.96 Å². The highest BCUT2D eigenvalue weighted by molar-refractivity contribution is 5.79. The summed E-state index contributed by atoms with van der Waals surface area (Å²) in [5.74, 6) is 0.615. The van der Waals surface area contributed by atoms with Gasteiger partial charge in [0.1, 0.15) is 0 Å². The molecule has 1 aromatic carbocycles. The van der Waals surface area contributed by atoms with Crippen molar-refractivity contribution in [2.75, 3.05) is 13.6 Å². The van der Waals surface area contributed by atoms with Crippen molar-refractivity contribution in [1.29, 1.82) is 0 Å². The lowest BCUT2D eigenvalue weighted by molar-refractivity contribution is -0.137. The van der Waals surface area contributed by atoms with Crippen molar-refractivity contribution in [3.05, 3.63) is 53.3 Å². The van der Waals surface area contributed by atoms with Gasteiger partial charge in [-0.1, -0.05) is 18.2 Å². The number of aliphatic imine (C=N–C) groups is 1. The van der Waals surface area contributed by atoms with Crippen LogP contribution in [0, 0.1) is 0 Å². The number of aromatic nitrogens is 2. The fourth-order valence-corrected chi connectivity index (χ4v) is 2.97. The molecular weight excluding hydrogens is 343 g/mol. The van der Waals surface area contributed by atoms with Gasteiger partial charge in [-0.15, -0.1) is 0 Å². The van der Waals surface area contributed by atoms with E-state index in [1.165, 1.54) is 12.1 Å². The SMILES string of the molecule is CN=C(NCc1ccnn1C)NCC1(c2cccc(C(F)(F)F)c2)CC1. The van der Waals surface area contributed by atoms with Crippen LogP contribution in [-0.2, 0) is 25.2 Å².